The van der Waals surface area contributed by atoms with E-state index >= 15 is 0 Å². The Labute approximate surface area is 82.5 Å². The van der Waals surface area contributed by atoms with Gasteiger partial charge in [0, 0.05) is 24.8 Å². The fourth-order valence-corrected chi connectivity index (χ4v) is 1.05. The smallest absolute Gasteiger partial charge is 0.225 e. The van der Waals surface area contributed by atoms with Gasteiger partial charge in [0.05, 0.1) is 0 Å². The summed E-state index contributed by atoms with van der Waals surface area (Å²) in [5, 5.41) is 17.9. The molecule has 1 amide bonds. The van der Waals surface area contributed by atoms with Crippen molar-refractivity contribution in [2.45, 2.75) is 26.2 Å². The Morgan fingerprint density at radius 2 is 2.50 bits per heavy atom. The van der Waals surface area contributed by atoms with E-state index in [9.17, 15) is 4.79 Å². The highest BCUT2D eigenvalue weighted by molar-refractivity contribution is 5.89. The minimum absolute atomic E-state index is 0.0359. The van der Waals surface area contributed by atoms with Gasteiger partial charge in [0.2, 0.25) is 5.91 Å². The SMILES string of the molecule is CCc1cc(NC(=O)CCCO)n[nH]1. The van der Waals surface area contributed by atoms with E-state index in [1.807, 2.05) is 6.92 Å². The van der Waals surface area contributed by atoms with Crippen LogP contribution in [0.2, 0.25) is 0 Å². The molecule has 1 heterocycles. The number of carbonyl (C=O) groups is 1. The molecule has 0 saturated heterocycles. The zero-order valence-electron chi connectivity index (χ0n) is 8.21. The third kappa shape index (κ3) is 3.18. The van der Waals surface area contributed by atoms with E-state index in [4.69, 9.17) is 5.11 Å². The number of nitrogens with zero attached hydrogens (tertiary/aromatic N) is 1. The van der Waals surface area contributed by atoms with Gasteiger partial charge in [0.15, 0.2) is 5.82 Å². The largest absolute Gasteiger partial charge is 0.396 e. The number of hydrogen-bond donors (Lipinski definition) is 3. The highest BCUT2D eigenvalue weighted by atomic mass is 16.3. The summed E-state index contributed by atoms with van der Waals surface area (Å²) in [7, 11) is 0. The minimum atomic E-state index is -0.117. The van der Waals surface area contributed by atoms with Gasteiger partial charge in [-0.15, -0.1) is 0 Å². The lowest BCUT2D eigenvalue weighted by atomic mass is 10.3. The first-order chi connectivity index (χ1) is 6.76. The second kappa shape index (κ2) is 5.39. The zero-order valence-corrected chi connectivity index (χ0v) is 8.21. The van der Waals surface area contributed by atoms with Crippen molar-refractivity contribution in [2.24, 2.45) is 0 Å². The van der Waals surface area contributed by atoms with Crippen molar-refractivity contribution >= 4 is 11.7 Å². The molecule has 0 bridgehead atoms. The first-order valence-corrected chi connectivity index (χ1v) is 4.71. The Morgan fingerprint density at radius 3 is 3.07 bits per heavy atom. The number of aliphatic hydroxyl groups is 1. The molecule has 5 heteroatoms. The predicted molar refractivity (Wildman–Crippen MR) is 52.9 cm³/mol. The van der Waals surface area contributed by atoms with Crippen molar-refractivity contribution in [3.05, 3.63) is 11.8 Å². The third-order valence-electron chi connectivity index (χ3n) is 1.84. The maximum Gasteiger partial charge on any atom is 0.225 e. The van der Waals surface area contributed by atoms with Gasteiger partial charge in [-0.1, -0.05) is 6.92 Å². The number of aromatic amines is 1. The molecule has 3 N–H and O–H groups in total. The molecule has 0 atom stereocenters. The van der Waals surface area contributed by atoms with Crippen molar-refractivity contribution in [2.75, 3.05) is 11.9 Å². The lowest BCUT2D eigenvalue weighted by Gasteiger charge is -1.98. The van der Waals surface area contributed by atoms with Crippen molar-refractivity contribution in [3.8, 4) is 0 Å². The fourth-order valence-electron chi connectivity index (χ4n) is 1.05. The summed E-state index contributed by atoms with van der Waals surface area (Å²) >= 11 is 0. The maximum absolute atomic E-state index is 11.2. The van der Waals surface area contributed by atoms with Crippen molar-refractivity contribution < 1.29 is 9.90 Å². The first-order valence-electron chi connectivity index (χ1n) is 4.71. The number of nitrogens with one attached hydrogen (secondary N) is 2. The Kier molecular flexibility index (Phi) is 4.12. The van der Waals surface area contributed by atoms with Crippen LogP contribution in [0.4, 0.5) is 5.82 Å². The molecule has 1 aromatic rings. The molecule has 78 valence electrons. The Balaban J connectivity index is 2.39. The van der Waals surface area contributed by atoms with Crippen LogP contribution in [0, 0.1) is 0 Å². The normalized spacial score (nSPS) is 10.1. The molecule has 0 unspecified atom stereocenters. The van der Waals surface area contributed by atoms with Crippen molar-refractivity contribution in [3.63, 3.8) is 0 Å². The number of anilines is 1. The zero-order chi connectivity index (χ0) is 10.4. The van der Waals surface area contributed by atoms with Crippen LogP contribution >= 0.6 is 0 Å². The van der Waals surface area contributed by atoms with Crippen LogP contribution < -0.4 is 5.32 Å². The lowest BCUT2D eigenvalue weighted by molar-refractivity contribution is -0.116. The van der Waals surface area contributed by atoms with E-state index in [1.165, 1.54) is 0 Å². The van der Waals surface area contributed by atoms with Crippen molar-refractivity contribution in [1.82, 2.24) is 10.2 Å². The van der Waals surface area contributed by atoms with Gasteiger partial charge >= 0.3 is 0 Å². The Bertz CT molecular complexity index is 296. The lowest BCUT2D eigenvalue weighted by Crippen LogP contribution is -2.11. The van der Waals surface area contributed by atoms with E-state index in [-0.39, 0.29) is 12.5 Å². The molecule has 5 nitrogen and oxygen atoms in total. The van der Waals surface area contributed by atoms with Crippen LogP contribution in [-0.2, 0) is 11.2 Å². The molecule has 0 fully saturated rings. The Morgan fingerprint density at radius 1 is 1.71 bits per heavy atom. The van der Waals surface area contributed by atoms with Crippen molar-refractivity contribution in [1.29, 1.82) is 0 Å². The van der Waals surface area contributed by atoms with E-state index in [0.29, 0.717) is 18.7 Å². The highest BCUT2D eigenvalue weighted by Crippen LogP contribution is 2.06. The molecule has 0 aromatic carbocycles. The summed E-state index contributed by atoms with van der Waals surface area (Å²) in [6, 6.07) is 1.80. The maximum atomic E-state index is 11.2. The van der Waals surface area contributed by atoms with Gasteiger partial charge in [0.25, 0.3) is 0 Å². The third-order valence-corrected chi connectivity index (χ3v) is 1.84. The Hall–Kier alpha value is -1.36. The number of hydrogen-bond acceptors (Lipinski definition) is 3. The van der Waals surface area contributed by atoms with Gasteiger partial charge in [-0.25, -0.2) is 0 Å². The molecule has 0 radical (unpaired) electrons. The van der Waals surface area contributed by atoms with Gasteiger partial charge in [-0.2, -0.15) is 5.10 Å². The van der Waals surface area contributed by atoms with Gasteiger partial charge < -0.3 is 10.4 Å². The summed E-state index contributed by atoms with van der Waals surface area (Å²) in [6.45, 7) is 2.04. The predicted octanol–water partition coefficient (Wildman–Crippen LogP) is 0.683. The number of aromatic nitrogens is 2. The second-order valence-corrected chi connectivity index (χ2v) is 3.01. The molecular formula is C9H15N3O2. The number of aliphatic hydroxyl groups excluding tert-OH is 1. The minimum Gasteiger partial charge on any atom is -0.396 e. The van der Waals surface area contributed by atoms with Crippen LogP contribution in [0.15, 0.2) is 6.07 Å². The number of carbonyl (C=O) groups excluding carboxylic acids is 1. The first kappa shape index (κ1) is 10.7. The van der Waals surface area contributed by atoms with E-state index in [0.717, 1.165) is 12.1 Å². The molecule has 0 spiro atoms. The summed E-state index contributed by atoms with van der Waals surface area (Å²) in [4.78, 5) is 11.2. The summed E-state index contributed by atoms with van der Waals surface area (Å²) < 4.78 is 0. The number of rotatable bonds is 5. The second-order valence-electron chi connectivity index (χ2n) is 3.01. The quantitative estimate of drug-likeness (QED) is 0.649. The standard InChI is InChI=1S/C9H15N3O2/c1-2-7-6-8(12-11-7)10-9(14)4-3-5-13/h6,13H,2-5H2,1H3,(H2,10,11,12,14). The monoisotopic (exact) mass is 197 g/mol. The van der Waals surface area contributed by atoms with Gasteiger partial charge in [-0.3, -0.25) is 9.89 Å². The molecule has 0 saturated carbocycles. The number of aryl methyl sites for hydroxylation is 1. The van der Waals surface area contributed by atoms with Crippen LogP contribution in [0.25, 0.3) is 0 Å². The van der Waals surface area contributed by atoms with Crippen LogP contribution in [0.1, 0.15) is 25.5 Å². The molecular weight excluding hydrogens is 182 g/mol. The number of H-pyrrole nitrogens is 1. The average molecular weight is 197 g/mol. The van der Waals surface area contributed by atoms with E-state index < -0.39 is 0 Å². The van der Waals surface area contributed by atoms with Crippen LogP contribution in [0.5, 0.6) is 0 Å². The highest BCUT2D eigenvalue weighted by Gasteiger charge is 2.04. The number of amides is 1. The molecule has 0 aliphatic heterocycles. The molecule has 1 rings (SSSR count). The molecule has 14 heavy (non-hydrogen) atoms. The molecule has 0 aliphatic carbocycles. The van der Waals surface area contributed by atoms with E-state index in [1.54, 1.807) is 6.07 Å². The topological polar surface area (TPSA) is 78.0 Å². The van der Waals surface area contributed by atoms with Crippen LogP contribution in [-0.4, -0.2) is 27.8 Å². The van der Waals surface area contributed by atoms with Gasteiger partial charge in [-0.05, 0) is 12.8 Å². The molecule has 0 aliphatic rings. The average Bonchev–Trinajstić information content (AvgIpc) is 2.62. The van der Waals surface area contributed by atoms with Crippen LogP contribution in [0.3, 0.4) is 0 Å². The van der Waals surface area contributed by atoms with Gasteiger partial charge in [0.1, 0.15) is 0 Å². The summed E-state index contributed by atoms with van der Waals surface area (Å²) in [6.07, 6.45) is 1.67. The molecule has 1 aromatic heterocycles. The van der Waals surface area contributed by atoms with E-state index in [2.05, 4.69) is 15.5 Å². The fraction of sp³-hybridized carbons (Fsp3) is 0.556. The summed E-state index contributed by atoms with van der Waals surface area (Å²) in [5.41, 5.74) is 0.988. The summed E-state index contributed by atoms with van der Waals surface area (Å²) in [5.74, 6) is 0.429.